The van der Waals surface area contributed by atoms with Crippen LogP contribution >= 0.6 is 0 Å². The molecule has 4 heteroatoms. The first-order chi connectivity index (χ1) is 6.63. The number of ketones is 1. The van der Waals surface area contributed by atoms with Crippen LogP contribution in [0.5, 0.6) is 0 Å². The molecule has 0 heterocycles. The quantitative estimate of drug-likeness (QED) is 0.537. The molecule has 0 bridgehead atoms. The second kappa shape index (κ2) is 4.50. The molecule has 0 spiro atoms. The van der Waals surface area contributed by atoms with Gasteiger partial charge in [0.05, 0.1) is 7.11 Å². The van der Waals surface area contributed by atoms with E-state index in [1.165, 1.54) is 24.3 Å². The first-order valence-corrected chi connectivity index (χ1v) is 3.99. The zero-order valence-electron chi connectivity index (χ0n) is 7.62. The average molecular weight is 196 g/mol. The van der Waals surface area contributed by atoms with Gasteiger partial charge in [0, 0.05) is 6.42 Å². The van der Waals surface area contributed by atoms with Gasteiger partial charge < -0.3 is 4.74 Å². The molecule has 1 aromatic carbocycles. The first-order valence-electron chi connectivity index (χ1n) is 3.99. The van der Waals surface area contributed by atoms with E-state index < -0.39 is 11.8 Å². The van der Waals surface area contributed by atoms with Crippen molar-refractivity contribution in [2.75, 3.05) is 7.11 Å². The van der Waals surface area contributed by atoms with Crippen molar-refractivity contribution < 1.29 is 18.7 Å². The molecule has 0 aliphatic rings. The number of rotatable bonds is 3. The van der Waals surface area contributed by atoms with Crippen molar-refractivity contribution in [3.05, 3.63) is 35.6 Å². The lowest BCUT2D eigenvalue weighted by Crippen LogP contribution is -2.17. The number of carbonyl (C=O) groups excluding carboxylic acids is 2. The summed E-state index contributed by atoms with van der Waals surface area (Å²) in [5, 5.41) is 0. The molecule has 0 aliphatic carbocycles. The number of halogens is 1. The highest BCUT2D eigenvalue weighted by atomic mass is 19.1. The molecule has 0 saturated carbocycles. The van der Waals surface area contributed by atoms with Crippen LogP contribution < -0.4 is 0 Å². The minimum atomic E-state index is -0.880. The highest BCUT2D eigenvalue weighted by molar-refractivity contribution is 6.34. The van der Waals surface area contributed by atoms with Crippen molar-refractivity contribution in [3.8, 4) is 0 Å². The standard InChI is InChI=1S/C10H9FO3/c1-14-10(13)9(12)6-7-2-4-8(11)5-3-7/h2-5H,6H2,1H3. The molecular weight excluding hydrogens is 187 g/mol. The fourth-order valence-corrected chi connectivity index (χ4v) is 0.974. The van der Waals surface area contributed by atoms with E-state index >= 15 is 0 Å². The van der Waals surface area contributed by atoms with Crippen molar-refractivity contribution in [3.63, 3.8) is 0 Å². The van der Waals surface area contributed by atoms with Crippen LogP contribution in [0.3, 0.4) is 0 Å². The summed E-state index contributed by atoms with van der Waals surface area (Å²) < 4.78 is 16.7. The van der Waals surface area contributed by atoms with Gasteiger partial charge in [0.25, 0.3) is 0 Å². The maximum atomic E-state index is 12.5. The van der Waals surface area contributed by atoms with E-state index in [9.17, 15) is 14.0 Å². The van der Waals surface area contributed by atoms with E-state index in [-0.39, 0.29) is 12.2 Å². The normalized spacial score (nSPS) is 9.57. The Morgan fingerprint density at radius 1 is 1.29 bits per heavy atom. The Kier molecular flexibility index (Phi) is 3.34. The third kappa shape index (κ3) is 2.65. The molecule has 0 saturated heterocycles. The zero-order valence-corrected chi connectivity index (χ0v) is 7.62. The van der Waals surface area contributed by atoms with E-state index in [0.29, 0.717) is 5.56 Å². The summed E-state index contributed by atoms with van der Waals surface area (Å²) >= 11 is 0. The molecule has 0 aromatic heterocycles. The predicted molar refractivity (Wildman–Crippen MR) is 47.1 cm³/mol. The molecule has 0 N–H and O–H groups in total. The molecule has 0 atom stereocenters. The topological polar surface area (TPSA) is 43.4 Å². The Hall–Kier alpha value is -1.71. The summed E-state index contributed by atoms with van der Waals surface area (Å²) in [6.45, 7) is 0. The third-order valence-corrected chi connectivity index (χ3v) is 1.69. The van der Waals surface area contributed by atoms with Gasteiger partial charge in [-0.3, -0.25) is 4.79 Å². The molecule has 0 radical (unpaired) electrons. The van der Waals surface area contributed by atoms with Crippen molar-refractivity contribution in [1.82, 2.24) is 0 Å². The van der Waals surface area contributed by atoms with Gasteiger partial charge in [-0.05, 0) is 17.7 Å². The minimum absolute atomic E-state index is 0.0625. The predicted octanol–water partition coefficient (Wildman–Crippen LogP) is 1.11. The van der Waals surface area contributed by atoms with Crippen LogP contribution in [-0.4, -0.2) is 18.9 Å². The van der Waals surface area contributed by atoms with Crippen LogP contribution in [0.25, 0.3) is 0 Å². The minimum Gasteiger partial charge on any atom is -0.463 e. The molecular formula is C10H9FO3. The summed E-state index contributed by atoms with van der Waals surface area (Å²) in [4.78, 5) is 21.8. The number of hydrogen-bond donors (Lipinski definition) is 0. The lowest BCUT2D eigenvalue weighted by Gasteiger charge is -1.99. The van der Waals surface area contributed by atoms with E-state index in [4.69, 9.17) is 0 Å². The number of Topliss-reactive ketones (excluding diaryl/α,β-unsaturated/α-hetero) is 1. The van der Waals surface area contributed by atoms with Crippen LogP contribution in [0.4, 0.5) is 4.39 Å². The fourth-order valence-electron chi connectivity index (χ4n) is 0.974. The lowest BCUT2D eigenvalue weighted by atomic mass is 10.1. The molecule has 0 unspecified atom stereocenters. The van der Waals surface area contributed by atoms with Crippen molar-refractivity contribution in [2.45, 2.75) is 6.42 Å². The Balaban J connectivity index is 2.65. The van der Waals surface area contributed by atoms with Crippen LogP contribution in [-0.2, 0) is 20.7 Å². The summed E-state index contributed by atoms with van der Waals surface area (Å²) in [6, 6.07) is 5.38. The lowest BCUT2D eigenvalue weighted by molar-refractivity contribution is -0.151. The van der Waals surface area contributed by atoms with Gasteiger partial charge in [-0.1, -0.05) is 12.1 Å². The van der Waals surface area contributed by atoms with Crippen LogP contribution in [0.1, 0.15) is 5.56 Å². The molecule has 1 aromatic rings. The molecule has 0 fully saturated rings. The summed E-state index contributed by atoms with van der Waals surface area (Å²) in [7, 11) is 1.14. The Morgan fingerprint density at radius 3 is 2.36 bits per heavy atom. The molecule has 14 heavy (non-hydrogen) atoms. The molecule has 3 nitrogen and oxygen atoms in total. The fraction of sp³-hybridized carbons (Fsp3) is 0.200. The van der Waals surface area contributed by atoms with Crippen LogP contribution in [0.2, 0.25) is 0 Å². The zero-order chi connectivity index (χ0) is 10.6. The van der Waals surface area contributed by atoms with Crippen molar-refractivity contribution in [1.29, 1.82) is 0 Å². The van der Waals surface area contributed by atoms with Crippen molar-refractivity contribution in [2.24, 2.45) is 0 Å². The number of ether oxygens (including phenoxy) is 1. The maximum Gasteiger partial charge on any atom is 0.374 e. The first kappa shape index (κ1) is 10.4. The number of esters is 1. The van der Waals surface area contributed by atoms with Gasteiger partial charge in [0.1, 0.15) is 5.82 Å². The molecule has 0 aliphatic heterocycles. The van der Waals surface area contributed by atoms with Crippen LogP contribution in [0.15, 0.2) is 24.3 Å². The second-order valence-electron chi connectivity index (χ2n) is 2.72. The summed E-state index contributed by atoms with van der Waals surface area (Å²) in [6.07, 6.45) is -0.0625. The number of hydrogen-bond acceptors (Lipinski definition) is 3. The molecule has 0 amide bonds. The Bertz CT molecular complexity index is 343. The van der Waals surface area contributed by atoms with E-state index in [1.807, 2.05) is 0 Å². The molecule has 1 rings (SSSR count). The van der Waals surface area contributed by atoms with Gasteiger partial charge in [-0.15, -0.1) is 0 Å². The number of methoxy groups -OCH3 is 1. The van der Waals surface area contributed by atoms with Gasteiger partial charge in [0.2, 0.25) is 5.78 Å². The van der Waals surface area contributed by atoms with E-state index in [2.05, 4.69) is 4.74 Å². The van der Waals surface area contributed by atoms with Gasteiger partial charge >= 0.3 is 5.97 Å². The van der Waals surface area contributed by atoms with E-state index in [1.54, 1.807) is 0 Å². The van der Waals surface area contributed by atoms with Gasteiger partial charge in [-0.25, -0.2) is 9.18 Å². The highest BCUT2D eigenvalue weighted by Crippen LogP contribution is 2.04. The SMILES string of the molecule is COC(=O)C(=O)Cc1ccc(F)cc1. The number of carbonyl (C=O) groups is 2. The number of benzene rings is 1. The third-order valence-electron chi connectivity index (χ3n) is 1.69. The maximum absolute atomic E-state index is 12.5. The van der Waals surface area contributed by atoms with Crippen LogP contribution in [0, 0.1) is 5.82 Å². The largest absolute Gasteiger partial charge is 0.463 e. The molecule has 74 valence electrons. The van der Waals surface area contributed by atoms with E-state index in [0.717, 1.165) is 7.11 Å². The summed E-state index contributed by atoms with van der Waals surface area (Å²) in [5.41, 5.74) is 0.585. The second-order valence-corrected chi connectivity index (χ2v) is 2.72. The Morgan fingerprint density at radius 2 is 1.86 bits per heavy atom. The Labute approximate surface area is 80.5 Å². The smallest absolute Gasteiger partial charge is 0.374 e. The highest BCUT2D eigenvalue weighted by Gasteiger charge is 2.13. The monoisotopic (exact) mass is 196 g/mol. The van der Waals surface area contributed by atoms with Crippen molar-refractivity contribution >= 4 is 11.8 Å². The van der Waals surface area contributed by atoms with Gasteiger partial charge in [0.15, 0.2) is 0 Å². The average Bonchev–Trinajstić information content (AvgIpc) is 2.20. The van der Waals surface area contributed by atoms with Gasteiger partial charge in [-0.2, -0.15) is 0 Å². The summed E-state index contributed by atoms with van der Waals surface area (Å²) in [5.74, 6) is -1.90.